The Balaban J connectivity index is 2.15. The van der Waals surface area contributed by atoms with Crippen LogP contribution in [0.2, 0.25) is 0 Å². The maximum absolute atomic E-state index is 12.0. The maximum Gasteiger partial charge on any atom is 0.251 e. The van der Waals surface area contributed by atoms with Crippen LogP contribution in [0.4, 0.5) is 0 Å². The zero-order chi connectivity index (χ0) is 13.5. The van der Waals surface area contributed by atoms with Crippen LogP contribution in [0.5, 0.6) is 0 Å². The third kappa shape index (κ3) is 1.55. The van der Waals surface area contributed by atoms with Gasteiger partial charge in [-0.05, 0) is 33.5 Å². The van der Waals surface area contributed by atoms with Gasteiger partial charge in [-0.1, -0.05) is 54.6 Å². The number of rotatable bonds is 1. The molecule has 1 aliphatic heterocycles. The minimum atomic E-state index is 0.0305. The smallest absolute Gasteiger partial charge is 0.251 e. The van der Waals surface area contributed by atoms with Crippen molar-refractivity contribution in [1.29, 1.82) is 0 Å². The van der Waals surface area contributed by atoms with Crippen LogP contribution in [-0.2, 0) is 6.54 Å². The van der Waals surface area contributed by atoms with E-state index in [1.807, 2.05) is 36.4 Å². The molecule has 20 heavy (non-hydrogen) atoms. The van der Waals surface area contributed by atoms with E-state index in [0.29, 0.717) is 6.54 Å². The van der Waals surface area contributed by atoms with Gasteiger partial charge in [-0.15, -0.1) is 0 Å². The van der Waals surface area contributed by atoms with Gasteiger partial charge < -0.3 is 5.32 Å². The molecule has 4 rings (SSSR count). The fraction of sp³-hybridized carbons (Fsp3) is 0.0556. The summed E-state index contributed by atoms with van der Waals surface area (Å²) in [5.74, 6) is 0.0305. The zero-order valence-corrected chi connectivity index (χ0v) is 10.9. The molecule has 0 aromatic heterocycles. The van der Waals surface area contributed by atoms with E-state index in [0.717, 1.165) is 22.1 Å². The lowest BCUT2D eigenvalue weighted by molar-refractivity contribution is 0.0966. The fourth-order valence-corrected chi connectivity index (χ4v) is 2.98. The highest BCUT2D eigenvalue weighted by molar-refractivity contribution is 6.09. The fourth-order valence-electron chi connectivity index (χ4n) is 2.98. The van der Waals surface area contributed by atoms with Gasteiger partial charge in [0.15, 0.2) is 0 Å². The van der Waals surface area contributed by atoms with Crippen molar-refractivity contribution >= 4 is 16.7 Å². The van der Waals surface area contributed by atoms with Crippen molar-refractivity contribution in [1.82, 2.24) is 5.32 Å². The molecule has 0 bridgehead atoms. The summed E-state index contributed by atoms with van der Waals surface area (Å²) in [6.07, 6.45) is 0. The molecule has 2 nitrogen and oxygen atoms in total. The van der Waals surface area contributed by atoms with Gasteiger partial charge in [0.1, 0.15) is 0 Å². The lowest BCUT2D eigenvalue weighted by Crippen LogP contribution is -2.12. The molecule has 1 N–H and O–H groups in total. The number of amides is 1. The molecule has 3 aromatic carbocycles. The van der Waals surface area contributed by atoms with Crippen molar-refractivity contribution in [3.05, 3.63) is 71.8 Å². The number of nitrogens with one attached hydrogen (secondary N) is 1. The second-order valence-corrected chi connectivity index (χ2v) is 5.05. The van der Waals surface area contributed by atoms with E-state index in [1.54, 1.807) is 0 Å². The van der Waals surface area contributed by atoms with Gasteiger partial charge in [0, 0.05) is 12.1 Å². The molecule has 1 aliphatic rings. The SMILES string of the molecule is O=C1NCc2c1cc1ccccc1c2-c1ccccc1. The predicted octanol–water partition coefficient (Wildman–Crippen LogP) is 3.75. The van der Waals surface area contributed by atoms with E-state index in [4.69, 9.17) is 0 Å². The Kier molecular flexibility index (Phi) is 2.36. The standard InChI is InChI=1S/C18H13NO/c20-18-15-10-13-8-4-5-9-14(13)17(16(15)11-19-18)12-6-2-1-3-7-12/h1-10H,11H2,(H,19,20). The molecule has 1 heterocycles. The van der Waals surface area contributed by atoms with Crippen LogP contribution in [-0.4, -0.2) is 5.91 Å². The van der Waals surface area contributed by atoms with E-state index in [9.17, 15) is 4.79 Å². The van der Waals surface area contributed by atoms with Crippen LogP contribution in [0, 0.1) is 0 Å². The number of hydrogen-bond acceptors (Lipinski definition) is 1. The molecule has 0 aliphatic carbocycles. The van der Waals surface area contributed by atoms with Gasteiger partial charge >= 0.3 is 0 Å². The van der Waals surface area contributed by atoms with Gasteiger partial charge in [0.05, 0.1) is 0 Å². The second-order valence-electron chi connectivity index (χ2n) is 5.05. The number of carbonyl (C=O) groups excluding carboxylic acids is 1. The van der Waals surface area contributed by atoms with E-state index in [2.05, 4.69) is 29.6 Å². The highest BCUT2D eigenvalue weighted by Crippen LogP contribution is 2.36. The Morgan fingerprint density at radius 2 is 1.65 bits per heavy atom. The summed E-state index contributed by atoms with van der Waals surface area (Å²) in [5.41, 5.74) is 4.26. The molecule has 1 amide bonds. The summed E-state index contributed by atoms with van der Waals surface area (Å²) >= 11 is 0. The lowest BCUT2D eigenvalue weighted by Gasteiger charge is -2.12. The van der Waals surface area contributed by atoms with E-state index in [1.165, 1.54) is 10.9 Å². The van der Waals surface area contributed by atoms with Crippen LogP contribution in [0.15, 0.2) is 60.7 Å². The van der Waals surface area contributed by atoms with Crippen LogP contribution >= 0.6 is 0 Å². The van der Waals surface area contributed by atoms with Crippen molar-refractivity contribution in [2.45, 2.75) is 6.54 Å². The van der Waals surface area contributed by atoms with Crippen LogP contribution in [0.1, 0.15) is 15.9 Å². The van der Waals surface area contributed by atoms with Gasteiger partial charge in [0.2, 0.25) is 0 Å². The minimum Gasteiger partial charge on any atom is -0.348 e. The summed E-state index contributed by atoms with van der Waals surface area (Å²) in [5, 5.41) is 5.25. The Labute approximate surface area is 117 Å². The predicted molar refractivity (Wildman–Crippen MR) is 80.6 cm³/mol. The molecular formula is C18H13NO. The number of benzene rings is 3. The van der Waals surface area contributed by atoms with Crippen molar-refractivity contribution in [3.63, 3.8) is 0 Å². The molecule has 0 radical (unpaired) electrons. The van der Waals surface area contributed by atoms with Crippen LogP contribution < -0.4 is 5.32 Å². The first-order chi connectivity index (χ1) is 9.84. The van der Waals surface area contributed by atoms with Crippen molar-refractivity contribution in [2.24, 2.45) is 0 Å². The Hall–Kier alpha value is -2.61. The van der Waals surface area contributed by atoms with E-state index >= 15 is 0 Å². The normalized spacial score (nSPS) is 13.3. The van der Waals surface area contributed by atoms with Gasteiger partial charge in [-0.25, -0.2) is 0 Å². The Morgan fingerprint density at radius 1 is 0.900 bits per heavy atom. The molecule has 3 aromatic rings. The molecular weight excluding hydrogens is 246 g/mol. The van der Waals surface area contributed by atoms with Crippen LogP contribution in [0.25, 0.3) is 21.9 Å². The average molecular weight is 259 g/mol. The molecule has 2 heteroatoms. The van der Waals surface area contributed by atoms with Crippen LogP contribution in [0.3, 0.4) is 0 Å². The summed E-state index contributed by atoms with van der Waals surface area (Å²) in [4.78, 5) is 12.0. The topological polar surface area (TPSA) is 29.1 Å². The number of hydrogen-bond donors (Lipinski definition) is 1. The van der Waals surface area contributed by atoms with Crippen molar-refractivity contribution < 1.29 is 4.79 Å². The molecule has 0 atom stereocenters. The molecule has 96 valence electrons. The third-order valence-electron chi connectivity index (χ3n) is 3.89. The zero-order valence-electron chi connectivity index (χ0n) is 10.9. The number of carbonyl (C=O) groups is 1. The average Bonchev–Trinajstić information content (AvgIpc) is 2.87. The largest absolute Gasteiger partial charge is 0.348 e. The Bertz CT molecular complexity index is 821. The molecule has 0 spiro atoms. The first kappa shape index (κ1) is 11.2. The summed E-state index contributed by atoms with van der Waals surface area (Å²) < 4.78 is 0. The van der Waals surface area contributed by atoms with Gasteiger partial charge in [0.25, 0.3) is 5.91 Å². The second kappa shape index (κ2) is 4.20. The van der Waals surface area contributed by atoms with Crippen molar-refractivity contribution in [3.8, 4) is 11.1 Å². The first-order valence-corrected chi connectivity index (χ1v) is 6.73. The highest BCUT2D eigenvalue weighted by atomic mass is 16.1. The molecule has 0 saturated heterocycles. The Morgan fingerprint density at radius 3 is 2.50 bits per heavy atom. The molecule has 0 saturated carbocycles. The highest BCUT2D eigenvalue weighted by Gasteiger charge is 2.24. The summed E-state index contributed by atoms with van der Waals surface area (Å²) in [7, 11) is 0. The first-order valence-electron chi connectivity index (χ1n) is 6.73. The third-order valence-corrected chi connectivity index (χ3v) is 3.89. The quantitative estimate of drug-likeness (QED) is 0.708. The molecule has 0 unspecified atom stereocenters. The van der Waals surface area contributed by atoms with E-state index in [-0.39, 0.29) is 5.91 Å². The van der Waals surface area contributed by atoms with Gasteiger partial charge in [-0.3, -0.25) is 4.79 Å². The lowest BCUT2D eigenvalue weighted by atomic mass is 9.91. The molecule has 0 fully saturated rings. The monoisotopic (exact) mass is 259 g/mol. The van der Waals surface area contributed by atoms with Crippen molar-refractivity contribution in [2.75, 3.05) is 0 Å². The minimum absolute atomic E-state index is 0.0305. The van der Waals surface area contributed by atoms with Gasteiger partial charge in [-0.2, -0.15) is 0 Å². The summed E-state index contributed by atoms with van der Waals surface area (Å²) in [6, 6.07) is 20.5. The summed E-state index contributed by atoms with van der Waals surface area (Å²) in [6.45, 7) is 0.614. The van der Waals surface area contributed by atoms with E-state index < -0.39 is 0 Å². The number of fused-ring (bicyclic) bond motifs is 2. The maximum atomic E-state index is 12.0.